The van der Waals surface area contributed by atoms with Gasteiger partial charge in [-0.25, -0.2) is 0 Å². The first-order valence-corrected chi connectivity index (χ1v) is 14.0. The van der Waals surface area contributed by atoms with Crippen molar-refractivity contribution in [2.24, 2.45) is 17.2 Å². The monoisotopic (exact) mass is 529 g/mol. The van der Waals surface area contributed by atoms with Crippen LogP contribution in [0, 0.1) is 0 Å². The van der Waals surface area contributed by atoms with E-state index >= 15 is 0 Å². The summed E-state index contributed by atoms with van der Waals surface area (Å²) in [4.78, 5) is 22.1. The van der Waals surface area contributed by atoms with Crippen LogP contribution in [0.1, 0.15) is 117 Å². The molecule has 9 nitrogen and oxygen atoms in total. The van der Waals surface area contributed by atoms with Crippen molar-refractivity contribution in [3.05, 3.63) is 24.6 Å². The highest BCUT2D eigenvalue weighted by Gasteiger charge is 2.37. The summed E-state index contributed by atoms with van der Waals surface area (Å²) in [7, 11) is 0. The quantitative estimate of drug-likeness (QED) is 0.0861. The number of nitrogens with two attached hydrogens (primary N) is 3. The number of unbranched alkanes of at least 4 members (excludes halogenated alkanes) is 14. The van der Waals surface area contributed by atoms with Crippen LogP contribution in [0.3, 0.4) is 0 Å². The molecular weight excluding hydrogens is 474 g/mol. The Morgan fingerprint density at radius 2 is 1.11 bits per heavy atom. The minimum atomic E-state index is -2.03. The molecule has 0 spiro atoms. The van der Waals surface area contributed by atoms with Crippen LogP contribution in [0.5, 0.6) is 0 Å². The highest BCUT2D eigenvalue weighted by molar-refractivity contribution is 5.81. The predicted molar refractivity (Wildman–Crippen MR) is 149 cm³/mol. The van der Waals surface area contributed by atoms with Gasteiger partial charge in [0.25, 0.3) is 5.91 Å². The van der Waals surface area contributed by atoms with E-state index in [2.05, 4.69) is 13.8 Å². The lowest BCUT2D eigenvalue weighted by molar-refractivity contribution is -0.152. The summed E-state index contributed by atoms with van der Waals surface area (Å²) in [6, 6.07) is 0. The summed E-state index contributed by atoms with van der Waals surface area (Å²) >= 11 is 0. The summed E-state index contributed by atoms with van der Waals surface area (Å²) in [5, 5.41) is 28.8. The third kappa shape index (κ3) is 22.8. The lowest BCUT2D eigenvalue weighted by Gasteiger charge is -2.25. The van der Waals surface area contributed by atoms with Crippen molar-refractivity contribution in [3.63, 3.8) is 0 Å². The number of allylic oxidation sites excluding steroid dienone is 2. The first-order chi connectivity index (χ1) is 17.7. The number of hydrogen-bond acceptors (Lipinski definition) is 7. The summed E-state index contributed by atoms with van der Waals surface area (Å²) < 4.78 is 5.05. The molecule has 0 aromatic rings. The third-order valence-electron chi connectivity index (χ3n) is 5.96. The summed E-state index contributed by atoms with van der Waals surface area (Å²) in [6.45, 7) is 4.43. The van der Waals surface area contributed by atoms with Gasteiger partial charge < -0.3 is 37.3 Å². The number of rotatable bonds is 23. The second kappa shape index (κ2) is 26.9. The summed E-state index contributed by atoms with van der Waals surface area (Å²) in [5.74, 6) is -2.27. The van der Waals surface area contributed by atoms with E-state index in [1.54, 1.807) is 12.3 Å². The molecule has 4 atom stereocenters. The Morgan fingerprint density at radius 3 is 1.51 bits per heavy atom. The second-order valence-electron chi connectivity index (χ2n) is 9.41. The minimum absolute atomic E-state index is 0.738. The van der Waals surface area contributed by atoms with Gasteiger partial charge in [-0.2, -0.15) is 0 Å². The number of ether oxygens (including phenoxy) is 1. The average molecular weight is 530 g/mol. The third-order valence-corrected chi connectivity index (χ3v) is 5.96. The maximum absolute atomic E-state index is 11.3. The van der Waals surface area contributed by atoms with Crippen molar-refractivity contribution in [1.29, 1.82) is 0 Å². The zero-order valence-corrected chi connectivity index (χ0v) is 23.2. The molecule has 0 aliphatic heterocycles. The largest absolute Gasteiger partial charge is 0.486 e. The van der Waals surface area contributed by atoms with E-state index in [-0.39, 0.29) is 0 Å². The Balaban J connectivity index is 0. The zero-order valence-electron chi connectivity index (χ0n) is 23.2. The molecular formula is C28H55N3O6. The molecule has 0 radical (unpaired) electrons. The van der Waals surface area contributed by atoms with Crippen molar-refractivity contribution in [2.45, 2.75) is 141 Å². The molecule has 2 amide bonds. The first-order valence-electron chi connectivity index (χ1n) is 14.0. The van der Waals surface area contributed by atoms with E-state index < -0.39 is 36.2 Å². The normalized spacial score (nSPS) is 14.6. The molecule has 0 aromatic heterocycles. The van der Waals surface area contributed by atoms with Crippen molar-refractivity contribution in [2.75, 3.05) is 0 Å². The predicted octanol–water partition coefficient (Wildman–Crippen LogP) is 3.68. The van der Waals surface area contributed by atoms with Gasteiger partial charge in [0.05, 0.1) is 6.26 Å². The fourth-order valence-corrected chi connectivity index (χ4v) is 3.59. The van der Waals surface area contributed by atoms with Gasteiger partial charge in [0.1, 0.15) is 12.2 Å². The molecule has 0 fully saturated rings. The van der Waals surface area contributed by atoms with Crippen molar-refractivity contribution in [3.8, 4) is 0 Å². The maximum Gasteiger partial charge on any atom is 0.261 e. The summed E-state index contributed by atoms with van der Waals surface area (Å²) in [5.41, 5.74) is 15.2. The standard InChI is InChI=1S/C17H32N2O6.C11H23N/c1-2-3-4-5-6-7-8-9-10-11-25-15(17(19)24)13(21)12(20)14(22)16(18)23;1-2-3-4-5-6-7-8-9-10-11-12/h10-15,20-22H,2-9H2,1H3,(H2,18,23)(H2,19,24);10-11H,2-9,12H2,1H3/b2*11-10+/t12-,13-,14-,15+;/m0./s1. The lowest BCUT2D eigenvalue weighted by Crippen LogP contribution is -2.53. The van der Waals surface area contributed by atoms with Crippen molar-refractivity contribution >= 4 is 11.8 Å². The average Bonchev–Trinajstić information content (AvgIpc) is 2.87. The molecule has 0 saturated carbocycles. The molecule has 0 aliphatic rings. The van der Waals surface area contributed by atoms with Crippen LogP contribution in [0.4, 0.5) is 0 Å². The number of carbonyl (C=O) groups excluding carboxylic acids is 2. The Labute approximate surface area is 224 Å². The Hall–Kier alpha value is -2.10. The van der Waals surface area contributed by atoms with Crippen LogP contribution in [0.15, 0.2) is 24.6 Å². The zero-order chi connectivity index (χ0) is 28.3. The molecule has 9 heteroatoms. The van der Waals surface area contributed by atoms with E-state index in [9.17, 15) is 24.9 Å². The molecule has 0 aliphatic carbocycles. The lowest BCUT2D eigenvalue weighted by atomic mass is 10.0. The number of aliphatic hydroxyl groups is 3. The van der Waals surface area contributed by atoms with Crippen LogP contribution in [-0.2, 0) is 14.3 Å². The SMILES string of the molecule is CCCCCCCCC/C=C/N.CCCCCCCCC/C=C/O[C@@H](C(N)=O)[C@@H](O)[C@H](O)[C@H](O)C(N)=O. The minimum Gasteiger partial charge on any atom is -0.486 e. The molecule has 218 valence electrons. The molecule has 0 rings (SSSR count). The summed E-state index contributed by atoms with van der Waals surface area (Å²) in [6.07, 6.45) is 18.9. The molecule has 0 aromatic carbocycles. The van der Waals surface area contributed by atoms with E-state index in [4.69, 9.17) is 21.9 Å². The van der Waals surface area contributed by atoms with Crippen LogP contribution in [0.2, 0.25) is 0 Å². The molecule has 0 saturated heterocycles. The smallest absolute Gasteiger partial charge is 0.261 e. The number of aliphatic hydroxyl groups excluding tert-OH is 3. The van der Waals surface area contributed by atoms with Gasteiger partial charge in [-0.05, 0) is 38.0 Å². The van der Waals surface area contributed by atoms with Crippen LogP contribution in [-0.4, -0.2) is 51.5 Å². The Kier molecular flexibility index (Phi) is 27.0. The highest BCUT2D eigenvalue weighted by atomic mass is 16.5. The molecule has 0 bridgehead atoms. The van der Waals surface area contributed by atoms with E-state index in [1.807, 2.05) is 6.08 Å². The van der Waals surface area contributed by atoms with Gasteiger partial charge in [-0.3, -0.25) is 9.59 Å². The second-order valence-corrected chi connectivity index (χ2v) is 9.41. The number of primary amides is 2. The van der Waals surface area contributed by atoms with E-state index in [1.165, 1.54) is 83.3 Å². The van der Waals surface area contributed by atoms with Gasteiger partial charge in [0, 0.05) is 0 Å². The number of carbonyl (C=O) groups is 2. The van der Waals surface area contributed by atoms with E-state index in [0.717, 1.165) is 25.7 Å². The Morgan fingerprint density at radius 1 is 0.676 bits per heavy atom. The number of hydrogen-bond donors (Lipinski definition) is 6. The molecule has 0 unspecified atom stereocenters. The Bertz CT molecular complexity index is 600. The van der Waals surface area contributed by atoms with Crippen LogP contribution >= 0.6 is 0 Å². The highest BCUT2D eigenvalue weighted by Crippen LogP contribution is 2.11. The fraction of sp³-hybridized carbons (Fsp3) is 0.786. The first kappa shape index (κ1) is 37.1. The fourth-order valence-electron chi connectivity index (χ4n) is 3.59. The molecule has 0 heterocycles. The number of amides is 2. The molecule has 9 N–H and O–H groups in total. The van der Waals surface area contributed by atoms with Gasteiger partial charge in [0.15, 0.2) is 6.10 Å². The van der Waals surface area contributed by atoms with Gasteiger partial charge in [0.2, 0.25) is 12.0 Å². The van der Waals surface area contributed by atoms with Crippen molar-refractivity contribution in [1.82, 2.24) is 0 Å². The van der Waals surface area contributed by atoms with Gasteiger partial charge in [-0.1, -0.05) is 97.0 Å². The van der Waals surface area contributed by atoms with Crippen LogP contribution < -0.4 is 17.2 Å². The van der Waals surface area contributed by atoms with E-state index in [0.29, 0.717) is 0 Å². The van der Waals surface area contributed by atoms with Crippen LogP contribution in [0.25, 0.3) is 0 Å². The maximum atomic E-state index is 11.3. The van der Waals surface area contributed by atoms with Gasteiger partial charge >= 0.3 is 0 Å². The van der Waals surface area contributed by atoms with Crippen molar-refractivity contribution < 1.29 is 29.6 Å². The molecule has 37 heavy (non-hydrogen) atoms. The van der Waals surface area contributed by atoms with Gasteiger partial charge in [-0.15, -0.1) is 0 Å². The topological polar surface area (TPSA) is 182 Å².